The smallest absolute Gasteiger partial charge is 0.123 e. The minimum absolute atomic E-state index is 0.0649. The summed E-state index contributed by atoms with van der Waals surface area (Å²) >= 11 is 1.90. The Balaban J connectivity index is 1.63. The van der Waals surface area contributed by atoms with Crippen LogP contribution in [0.15, 0.2) is 23.2 Å². The second-order valence-corrected chi connectivity index (χ2v) is 6.67. The Kier molecular flexibility index (Phi) is 3.96. The van der Waals surface area contributed by atoms with Gasteiger partial charge in [0.2, 0.25) is 0 Å². The maximum absolute atomic E-state index is 6.06. The van der Waals surface area contributed by atoms with E-state index in [2.05, 4.69) is 11.1 Å². The summed E-state index contributed by atoms with van der Waals surface area (Å²) in [4.78, 5) is 5.35. The molecule has 2 N–H and O–H groups in total. The molecule has 0 bridgehead atoms. The fourth-order valence-electron chi connectivity index (χ4n) is 2.83. The zero-order valence-electron chi connectivity index (χ0n) is 11.0. The molecule has 0 aromatic carbocycles. The summed E-state index contributed by atoms with van der Waals surface area (Å²) in [5.74, 6) is 0.581. The maximum Gasteiger partial charge on any atom is 0.123 e. The van der Waals surface area contributed by atoms with Gasteiger partial charge in [-0.3, -0.25) is 0 Å². The van der Waals surface area contributed by atoms with Crippen LogP contribution >= 0.6 is 11.8 Å². The molecule has 4 nitrogen and oxygen atoms in total. The zero-order chi connectivity index (χ0) is 13.1. The van der Waals surface area contributed by atoms with E-state index in [4.69, 9.17) is 15.2 Å². The predicted octanol–water partition coefficient (Wildman–Crippen LogP) is 2.48. The molecule has 1 aromatic rings. The van der Waals surface area contributed by atoms with Gasteiger partial charge in [-0.15, -0.1) is 11.8 Å². The van der Waals surface area contributed by atoms with Crippen molar-refractivity contribution in [1.29, 1.82) is 0 Å². The van der Waals surface area contributed by atoms with Gasteiger partial charge in [-0.05, 0) is 37.8 Å². The molecule has 2 aliphatic rings. The molecule has 2 saturated heterocycles. The first kappa shape index (κ1) is 13.2. The molecule has 0 radical (unpaired) electrons. The van der Waals surface area contributed by atoms with Crippen LogP contribution in [0.3, 0.4) is 0 Å². The monoisotopic (exact) mass is 280 g/mol. The molecule has 2 aliphatic heterocycles. The molecule has 0 saturated carbocycles. The molecule has 3 heterocycles. The average molecular weight is 280 g/mol. The fraction of sp³-hybridized carbons (Fsp3) is 0.643. The summed E-state index contributed by atoms with van der Waals surface area (Å²) in [6, 6.07) is 3.92. The molecule has 1 aromatic heterocycles. The van der Waals surface area contributed by atoms with Crippen molar-refractivity contribution in [3.05, 3.63) is 18.3 Å². The first-order valence-electron chi connectivity index (χ1n) is 6.86. The first-order chi connectivity index (χ1) is 9.26. The third-order valence-corrected chi connectivity index (χ3v) is 5.16. The molecular formula is C14H20N2O2S. The SMILES string of the molecule is Nc1ccc(SC2CCOC3(CCOCC3)C2)cn1. The van der Waals surface area contributed by atoms with Gasteiger partial charge < -0.3 is 15.2 Å². The molecule has 0 aliphatic carbocycles. The second kappa shape index (κ2) is 5.69. The number of nitrogen functional groups attached to an aromatic ring is 1. The van der Waals surface area contributed by atoms with Crippen LogP contribution in [-0.2, 0) is 9.47 Å². The number of nitrogens with two attached hydrogens (primary N) is 1. The number of pyridine rings is 1. The molecule has 1 unspecified atom stereocenters. The highest BCUT2D eigenvalue weighted by Gasteiger charge is 2.39. The van der Waals surface area contributed by atoms with Gasteiger partial charge in [0.05, 0.1) is 5.60 Å². The van der Waals surface area contributed by atoms with E-state index in [0.29, 0.717) is 11.1 Å². The molecule has 5 heteroatoms. The molecule has 3 rings (SSSR count). The minimum atomic E-state index is 0.0649. The van der Waals surface area contributed by atoms with Crippen LogP contribution in [0.4, 0.5) is 5.82 Å². The third kappa shape index (κ3) is 3.22. The number of anilines is 1. The van der Waals surface area contributed by atoms with E-state index in [0.717, 1.165) is 45.5 Å². The average Bonchev–Trinajstić information content (AvgIpc) is 2.42. The molecule has 2 fully saturated rings. The van der Waals surface area contributed by atoms with Crippen molar-refractivity contribution in [2.45, 2.75) is 41.4 Å². The highest BCUT2D eigenvalue weighted by molar-refractivity contribution is 8.00. The van der Waals surface area contributed by atoms with Gasteiger partial charge in [-0.2, -0.15) is 0 Å². The Bertz CT molecular complexity index is 412. The topological polar surface area (TPSA) is 57.4 Å². The summed E-state index contributed by atoms with van der Waals surface area (Å²) in [7, 11) is 0. The lowest BCUT2D eigenvalue weighted by Crippen LogP contribution is -2.45. The van der Waals surface area contributed by atoms with Gasteiger partial charge in [0, 0.05) is 36.2 Å². The molecule has 1 atom stereocenters. The minimum Gasteiger partial charge on any atom is -0.384 e. The van der Waals surface area contributed by atoms with Crippen LogP contribution in [0.25, 0.3) is 0 Å². The Labute approximate surface area is 118 Å². The fourth-order valence-corrected chi connectivity index (χ4v) is 4.08. The van der Waals surface area contributed by atoms with Gasteiger partial charge in [-0.1, -0.05) is 0 Å². The van der Waals surface area contributed by atoms with Crippen molar-refractivity contribution < 1.29 is 9.47 Å². The van der Waals surface area contributed by atoms with Crippen molar-refractivity contribution in [2.24, 2.45) is 0 Å². The number of ether oxygens (including phenoxy) is 2. The van der Waals surface area contributed by atoms with Crippen molar-refractivity contribution in [1.82, 2.24) is 4.98 Å². The molecule has 104 valence electrons. The number of rotatable bonds is 2. The van der Waals surface area contributed by atoms with Crippen molar-refractivity contribution >= 4 is 17.6 Å². The van der Waals surface area contributed by atoms with E-state index in [1.54, 1.807) is 0 Å². The van der Waals surface area contributed by atoms with Crippen LogP contribution in [0.2, 0.25) is 0 Å². The summed E-state index contributed by atoms with van der Waals surface area (Å²) in [5.41, 5.74) is 5.68. The summed E-state index contributed by atoms with van der Waals surface area (Å²) in [6.45, 7) is 2.53. The van der Waals surface area contributed by atoms with E-state index in [1.165, 1.54) is 4.90 Å². The number of hydrogen-bond donors (Lipinski definition) is 1. The van der Waals surface area contributed by atoms with Gasteiger partial charge in [0.25, 0.3) is 0 Å². The van der Waals surface area contributed by atoms with Crippen LogP contribution in [0, 0.1) is 0 Å². The maximum atomic E-state index is 6.06. The predicted molar refractivity (Wildman–Crippen MR) is 76.3 cm³/mol. The Morgan fingerprint density at radius 1 is 1.26 bits per heavy atom. The van der Waals surface area contributed by atoms with Crippen LogP contribution < -0.4 is 5.73 Å². The molecular weight excluding hydrogens is 260 g/mol. The van der Waals surface area contributed by atoms with Gasteiger partial charge in [-0.25, -0.2) is 4.98 Å². The first-order valence-corrected chi connectivity index (χ1v) is 7.74. The Morgan fingerprint density at radius 2 is 2.11 bits per heavy atom. The van der Waals surface area contributed by atoms with E-state index in [9.17, 15) is 0 Å². The Hall–Kier alpha value is -0.780. The van der Waals surface area contributed by atoms with E-state index < -0.39 is 0 Å². The van der Waals surface area contributed by atoms with Crippen molar-refractivity contribution in [3.63, 3.8) is 0 Å². The van der Waals surface area contributed by atoms with E-state index >= 15 is 0 Å². The lowest BCUT2D eigenvalue weighted by molar-refractivity contribution is -0.131. The van der Waals surface area contributed by atoms with Crippen LogP contribution in [-0.4, -0.2) is 35.7 Å². The van der Waals surface area contributed by atoms with Crippen molar-refractivity contribution in [3.8, 4) is 0 Å². The number of hydrogen-bond acceptors (Lipinski definition) is 5. The Morgan fingerprint density at radius 3 is 2.84 bits per heavy atom. The number of nitrogens with zero attached hydrogens (tertiary/aromatic N) is 1. The largest absolute Gasteiger partial charge is 0.384 e. The quantitative estimate of drug-likeness (QED) is 0.902. The molecule has 0 amide bonds. The molecule has 19 heavy (non-hydrogen) atoms. The standard InChI is InChI=1S/C14H20N2O2S/c15-13-2-1-12(10-16-13)19-11-3-6-18-14(9-11)4-7-17-8-5-14/h1-2,10-11H,3-9H2,(H2,15,16). The number of aromatic nitrogens is 1. The highest BCUT2D eigenvalue weighted by Crippen LogP contribution is 2.40. The van der Waals surface area contributed by atoms with Crippen LogP contribution in [0.1, 0.15) is 25.7 Å². The lowest BCUT2D eigenvalue weighted by atomic mass is 9.86. The highest BCUT2D eigenvalue weighted by atomic mass is 32.2. The number of thioether (sulfide) groups is 1. The van der Waals surface area contributed by atoms with Crippen molar-refractivity contribution in [2.75, 3.05) is 25.6 Å². The van der Waals surface area contributed by atoms with E-state index in [1.807, 2.05) is 24.0 Å². The van der Waals surface area contributed by atoms with Crippen LogP contribution in [0.5, 0.6) is 0 Å². The zero-order valence-corrected chi connectivity index (χ0v) is 11.8. The van der Waals surface area contributed by atoms with E-state index in [-0.39, 0.29) is 5.60 Å². The van der Waals surface area contributed by atoms with Gasteiger partial charge in [0.1, 0.15) is 5.82 Å². The van der Waals surface area contributed by atoms with Gasteiger partial charge >= 0.3 is 0 Å². The molecule has 1 spiro atoms. The second-order valence-electron chi connectivity index (χ2n) is 5.30. The summed E-state index contributed by atoms with van der Waals surface area (Å²) in [6.07, 6.45) is 6.16. The summed E-state index contributed by atoms with van der Waals surface area (Å²) in [5, 5.41) is 0.609. The summed E-state index contributed by atoms with van der Waals surface area (Å²) < 4.78 is 11.5. The van der Waals surface area contributed by atoms with Gasteiger partial charge in [0.15, 0.2) is 0 Å². The lowest BCUT2D eigenvalue weighted by Gasteiger charge is -2.43. The normalized spacial score (nSPS) is 26.4. The third-order valence-electron chi connectivity index (χ3n) is 3.91.